The van der Waals surface area contributed by atoms with Crippen molar-refractivity contribution in [2.24, 2.45) is 0 Å². The van der Waals surface area contributed by atoms with E-state index < -0.39 is 4.92 Å². The summed E-state index contributed by atoms with van der Waals surface area (Å²) in [5.41, 5.74) is 0.605. The Morgan fingerprint density at radius 1 is 1.44 bits per heavy atom. The molecule has 16 heavy (non-hydrogen) atoms. The molecule has 0 saturated heterocycles. The van der Waals surface area contributed by atoms with Crippen molar-refractivity contribution in [3.63, 3.8) is 0 Å². The smallest absolute Gasteiger partial charge is 0.271 e. The highest BCUT2D eigenvalue weighted by molar-refractivity contribution is 5.90. The topological polar surface area (TPSA) is 81.0 Å². The third kappa shape index (κ3) is 1.77. The molecule has 0 aliphatic carbocycles. The normalized spacial score (nSPS) is 10.3. The number of nitro benzene ring substituents is 1. The molecule has 82 valence electrons. The molecule has 0 bridgehead atoms. The fourth-order valence-electron chi connectivity index (χ4n) is 1.47. The molecular formula is C10H10N4O2. The average molecular weight is 218 g/mol. The van der Waals surface area contributed by atoms with Crippen molar-refractivity contribution >= 4 is 22.4 Å². The van der Waals surface area contributed by atoms with Crippen LogP contribution in [0.1, 0.15) is 6.92 Å². The molecule has 1 heterocycles. The molecule has 0 atom stereocenters. The van der Waals surface area contributed by atoms with Crippen LogP contribution in [0.15, 0.2) is 24.5 Å². The summed E-state index contributed by atoms with van der Waals surface area (Å²) in [6.45, 7) is 2.70. The lowest BCUT2D eigenvalue weighted by molar-refractivity contribution is -0.384. The quantitative estimate of drug-likeness (QED) is 0.629. The Morgan fingerprint density at radius 2 is 2.25 bits per heavy atom. The lowest BCUT2D eigenvalue weighted by atomic mass is 10.2. The second-order valence-electron chi connectivity index (χ2n) is 3.21. The maximum Gasteiger partial charge on any atom is 0.271 e. The second kappa shape index (κ2) is 4.09. The monoisotopic (exact) mass is 218 g/mol. The molecule has 0 spiro atoms. The van der Waals surface area contributed by atoms with E-state index in [-0.39, 0.29) is 5.69 Å². The third-order valence-corrected chi connectivity index (χ3v) is 2.18. The fourth-order valence-corrected chi connectivity index (χ4v) is 1.47. The van der Waals surface area contributed by atoms with Crippen molar-refractivity contribution in [2.45, 2.75) is 6.92 Å². The molecule has 1 aromatic carbocycles. The summed E-state index contributed by atoms with van der Waals surface area (Å²) in [4.78, 5) is 18.3. The number of nitrogens with one attached hydrogen (secondary N) is 1. The number of benzene rings is 1. The van der Waals surface area contributed by atoms with Crippen LogP contribution < -0.4 is 5.32 Å². The van der Waals surface area contributed by atoms with Gasteiger partial charge in [-0.2, -0.15) is 0 Å². The van der Waals surface area contributed by atoms with Crippen LogP contribution in [-0.4, -0.2) is 21.4 Å². The summed E-state index contributed by atoms with van der Waals surface area (Å²) < 4.78 is 0. The van der Waals surface area contributed by atoms with Gasteiger partial charge in [-0.1, -0.05) is 0 Å². The molecule has 0 aliphatic rings. The Hall–Kier alpha value is -2.24. The Balaban J connectivity index is 2.59. The predicted molar refractivity (Wildman–Crippen MR) is 60.4 cm³/mol. The van der Waals surface area contributed by atoms with Gasteiger partial charge < -0.3 is 5.32 Å². The number of fused-ring (bicyclic) bond motifs is 1. The number of hydrogen-bond donors (Lipinski definition) is 1. The molecule has 0 unspecified atom stereocenters. The van der Waals surface area contributed by atoms with Crippen LogP contribution in [-0.2, 0) is 0 Å². The standard InChI is InChI=1S/C10H10N4O2/c1-2-11-10-8-4-3-7(14(15)16)5-9(8)12-6-13-10/h3-6H,2H2,1H3,(H,11,12,13). The summed E-state index contributed by atoms with van der Waals surface area (Å²) in [5.74, 6) is 0.697. The highest BCUT2D eigenvalue weighted by Crippen LogP contribution is 2.23. The number of hydrogen-bond acceptors (Lipinski definition) is 5. The fraction of sp³-hybridized carbons (Fsp3) is 0.200. The number of anilines is 1. The number of non-ortho nitro benzene ring substituents is 1. The molecular weight excluding hydrogens is 208 g/mol. The van der Waals surface area contributed by atoms with Crippen LogP contribution in [0.3, 0.4) is 0 Å². The van der Waals surface area contributed by atoms with Crippen molar-refractivity contribution < 1.29 is 4.92 Å². The summed E-state index contributed by atoms with van der Waals surface area (Å²) in [6.07, 6.45) is 1.39. The highest BCUT2D eigenvalue weighted by atomic mass is 16.6. The summed E-state index contributed by atoms with van der Waals surface area (Å²) in [7, 11) is 0. The van der Waals surface area contributed by atoms with E-state index in [2.05, 4.69) is 15.3 Å². The average Bonchev–Trinajstić information content (AvgIpc) is 2.29. The molecule has 0 radical (unpaired) electrons. The van der Waals surface area contributed by atoms with Crippen LogP contribution in [0.5, 0.6) is 0 Å². The third-order valence-electron chi connectivity index (χ3n) is 2.18. The molecule has 0 amide bonds. The first-order valence-electron chi connectivity index (χ1n) is 4.85. The van der Waals surface area contributed by atoms with Crippen molar-refractivity contribution in [1.82, 2.24) is 9.97 Å². The van der Waals surface area contributed by atoms with Gasteiger partial charge in [0.2, 0.25) is 0 Å². The van der Waals surface area contributed by atoms with Gasteiger partial charge in [-0.15, -0.1) is 0 Å². The van der Waals surface area contributed by atoms with Gasteiger partial charge in [-0.05, 0) is 13.0 Å². The first-order chi connectivity index (χ1) is 7.72. The Morgan fingerprint density at radius 3 is 2.94 bits per heavy atom. The lowest BCUT2D eigenvalue weighted by Gasteiger charge is -2.05. The van der Waals surface area contributed by atoms with Crippen LogP contribution in [0, 0.1) is 10.1 Å². The molecule has 0 aliphatic heterocycles. The van der Waals surface area contributed by atoms with Gasteiger partial charge in [0.15, 0.2) is 0 Å². The lowest BCUT2D eigenvalue weighted by Crippen LogP contribution is -2.00. The summed E-state index contributed by atoms with van der Waals surface area (Å²) in [5, 5.41) is 14.5. The maximum atomic E-state index is 10.6. The van der Waals surface area contributed by atoms with Gasteiger partial charge in [0.05, 0.1) is 10.4 Å². The van der Waals surface area contributed by atoms with Crippen molar-refractivity contribution in [3.8, 4) is 0 Å². The molecule has 0 fully saturated rings. The van der Waals surface area contributed by atoms with Gasteiger partial charge >= 0.3 is 0 Å². The summed E-state index contributed by atoms with van der Waals surface area (Å²) in [6, 6.07) is 4.55. The molecule has 0 saturated carbocycles. The van der Waals surface area contributed by atoms with Gasteiger partial charge in [0.25, 0.3) is 5.69 Å². The highest BCUT2D eigenvalue weighted by Gasteiger charge is 2.09. The number of nitrogens with zero attached hydrogens (tertiary/aromatic N) is 3. The van der Waals surface area contributed by atoms with Crippen LogP contribution in [0.4, 0.5) is 11.5 Å². The number of nitro groups is 1. The number of rotatable bonds is 3. The van der Waals surface area contributed by atoms with Crippen molar-refractivity contribution in [1.29, 1.82) is 0 Å². The largest absolute Gasteiger partial charge is 0.370 e. The molecule has 2 rings (SSSR count). The molecule has 1 N–H and O–H groups in total. The van der Waals surface area contributed by atoms with E-state index in [0.717, 1.165) is 11.9 Å². The van der Waals surface area contributed by atoms with E-state index >= 15 is 0 Å². The molecule has 6 heteroatoms. The Bertz CT molecular complexity index is 541. The van der Waals surface area contributed by atoms with Crippen LogP contribution >= 0.6 is 0 Å². The minimum atomic E-state index is -0.436. The van der Waals surface area contributed by atoms with Gasteiger partial charge in [-0.25, -0.2) is 9.97 Å². The van der Waals surface area contributed by atoms with E-state index in [1.54, 1.807) is 6.07 Å². The van der Waals surface area contributed by atoms with Crippen molar-refractivity contribution in [2.75, 3.05) is 11.9 Å². The van der Waals surface area contributed by atoms with Gasteiger partial charge in [0, 0.05) is 24.1 Å². The Labute approximate surface area is 91.5 Å². The molecule has 2 aromatic rings. The van der Waals surface area contributed by atoms with E-state index in [1.165, 1.54) is 18.5 Å². The van der Waals surface area contributed by atoms with E-state index in [4.69, 9.17) is 0 Å². The first kappa shape index (κ1) is 10.3. The second-order valence-corrected chi connectivity index (χ2v) is 3.21. The van der Waals surface area contributed by atoms with E-state index in [0.29, 0.717) is 11.3 Å². The van der Waals surface area contributed by atoms with Crippen LogP contribution in [0.2, 0.25) is 0 Å². The zero-order valence-corrected chi connectivity index (χ0v) is 8.67. The first-order valence-corrected chi connectivity index (χ1v) is 4.85. The Kier molecular flexibility index (Phi) is 2.63. The van der Waals surface area contributed by atoms with Crippen LogP contribution in [0.25, 0.3) is 10.9 Å². The van der Waals surface area contributed by atoms with Gasteiger partial charge in [-0.3, -0.25) is 10.1 Å². The molecule has 1 aromatic heterocycles. The zero-order valence-electron chi connectivity index (χ0n) is 8.67. The number of aromatic nitrogens is 2. The molecule has 6 nitrogen and oxygen atoms in total. The maximum absolute atomic E-state index is 10.6. The predicted octanol–water partition coefficient (Wildman–Crippen LogP) is 1.97. The SMILES string of the molecule is CCNc1ncnc2cc([N+](=O)[O-])ccc12. The van der Waals surface area contributed by atoms with Gasteiger partial charge in [0.1, 0.15) is 12.1 Å². The minimum absolute atomic E-state index is 0.0358. The van der Waals surface area contributed by atoms with E-state index in [1.807, 2.05) is 6.92 Å². The van der Waals surface area contributed by atoms with Crippen molar-refractivity contribution in [3.05, 3.63) is 34.6 Å². The minimum Gasteiger partial charge on any atom is -0.370 e. The van der Waals surface area contributed by atoms with E-state index in [9.17, 15) is 10.1 Å². The summed E-state index contributed by atoms with van der Waals surface area (Å²) >= 11 is 0. The zero-order chi connectivity index (χ0) is 11.5.